The van der Waals surface area contributed by atoms with Gasteiger partial charge in [-0.3, -0.25) is 5.32 Å². The molecule has 22 heavy (non-hydrogen) atoms. The van der Waals surface area contributed by atoms with Crippen LogP contribution in [0.25, 0.3) is 0 Å². The van der Waals surface area contributed by atoms with Gasteiger partial charge in [-0.2, -0.15) is 0 Å². The first-order valence-electron chi connectivity index (χ1n) is 7.47. The normalized spacial score (nSPS) is 12.7. The number of aromatic nitrogens is 3. The summed E-state index contributed by atoms with van der Waals surface area (Å²) in [6, 6.07) is 12.2. The fourth-order valence-corrected chi connectivity index (χ4v) is 2.34. The first-order valence-corrected chi connectivity index (χ1v) is 7.47. The SMILES string of the molecule is CC(C)c1cc(CN[C@@H](c2ccccc2)c2ncc[nH]2)on1. The van der Waals surface area contributed by atoms with Crippen LogP contribution in [0.3, 0.4) is 0 Å². The molecule has 1 atom stereocenters. The molecule has 0 saturated carbocycles. The maximum atomic E-state index is 5.39. The number of benzene rings is 1. The molecule has 3 rings (SSSR count). The van der Waals surface area contributed by atoms with Crippen molar-refractivity contribution in [3.63, 3.8) is 0 Å². The number of nitrogens with one attached hydrogen (secondary N) is 2. The molecule has 2 N–H and O–H groups in total. The fraction of sp³-hybridized carbons (Fsp3) is 0.294. The maximum absolute atomic E-state index is 5.39. The van der Waals surface area contributed by atoms with E-state index in [0.29, 0.717) is 12.5 Å². The van der Waals surface area contributed by atoms with Crippen LogP contribution in [0.15, 0.2) is 53.3 Å². The summed E-state index contributed by atoms with van der Waals surface area (Å²) in [7, 11) is 0. The highest BCUT2D eigenvalue weighted by Gasteiger charge is 2.17. The standard InChI is InChI=1S/C17H20N4O/c1-12(2)15-10-14(22-21-15)11-20-16(17-18-8-9-19-17)13-6-4-3-5-7-13/h3-10,12,16,20H,11H2,1-2H3,(H,18,19)/t16-/m0/s1. The molecule has 114 valence electrons. The van der Waals surface area contributed by atoms with Crippen LogP contribution in [0, 0.1) is 0 Å². The molecular weight excluding hydrogens is 276 g/mol. The van der Waals surface area contributed by atoms with Crippen LogP contribution >= 0.6 is 0 Å². The summed E-state index contributed by atoms with van der Waals surface area (Å²) in [6.07, 6.45) is 3.59. The van der Waals surface area contributed by atoms with Crippen molar-refractivity contribution in [1.82, 2.24) is 20.4 Å². The molecule has 1 aromatic carbocycles. The largest absolute Gasteiger partial charge is 0.360 e. The van der Waals surface area contributed by atoms with Crippen molar-refractivity contribution >= 4 is 0 Å². The van der Waals surface area contributed by atoms with Crippen molar-refractivity contribution in [3.8, 4) is 0 Å². The molecule has 0 aliphatic heterocycles. The van der Waals surface area contributed by atoms with E-state index in [-0.39, 0.29) is 6.04 Å². The van der Waals surface area contributed by atoms with Gasteiger partial charge in [-0.05, 0) is 11.5 Å². The Bertz CT molecular complexity index is 689. The number of aromatic amines is 1. The van der Waals surface area contributed by atoms with Crippen molar-refractivity contribution in [2.24, 2.45) is 0 Å². The van der Waals surface area contributed by atoms with Gasteiger partial charge in [0.15, 0.2) is 5.76 Å². The average molecular weight is 296 g/mol. The molecule has 0 fully saturated rings. The van der Waals surface area contributed by atoms with Crippen LogP contribution in [0.4, 0.5) is 0 Å². The topological polar surface area (TPSA) is 66.7 Å². The van der Waals surface area contributed by atoms with Gasteiger partial charge < -0.3 is 9.51 Å². The lowest BCUT2D eigenvalue weighted by Crippen LogP contribution is -2.22. The average Bonchev–Trinajstić information content (AvgIpc) is 3.20. The van der Waals surface area contributed by atoms with Crippen molar-refractivity contribution < 1.29 is 4.52 Å². The Morgan fingerprint density at radius 2 is 2.05 bits per heavy atom. The van der Waals surface area contributed by atoms with Crippen LogP contribution in [-0.2, 0) is 6.54 Å². The smallest absolute Gasteiger partial charge is 0.150 e. The van der Waals surface area contributed by atoms with Gasteiger partial charge in [-0.1, -0.05) is 49.3 Å². The molecule has 2 aromatic heterocycles. The lowest BCUT2D eigenvalue weighted by atomic mass is 10.1. The minimum atomic E-state index is -0.0104. The third-order valence-corrected chi connectivity index (χ3v) is 3.57. The van der Waals surface area contributed by atoms with Gasteiger partial charge in [0.25, 0.3) is 0 Å². The van der Waals surface area contributed by atoms with Crippen LogP contribution in [0.2, 0.25) is 0 Å². The minimum absolute atomic E-state index is 0.0104. The molecule has 0 radical (unpaired) electrons. The molecule has 0 bridgehead atoms. The Morgan fingerprint density at radius 1 is 1.23 bits per heavy atom. The van der Waals surface area contributed by atoms with E-state index in [1.165, 1.54) is 0 Å². The van der Waals surface area contributed by atoms with E-state index in [1.807, 2.05) is 30.5 Å². The fourth-order valence-electron chi connectivity index (χ4n) is 2.34. The zero-order chi connectivity index (χ0) is 15.4. The highest BCUT2D eigenvalue weighted by Crippen LogP contribution is 2.20. The quantitative estimate of drug-likeness (QED) is 0.731. The minimum Gasteiger partial charge on any atom is -0.360 e. The molecule has 3 aromatic rings. The summed E-state index contributed by atoms with van der Waals surface area (Å²) in [6.45, 7) is 4.80. The van der Waals surface area contributed by atoms with Gasteiger partial charge in [-0.25, -0.2) is 4.98 Å². The summed E-state index contributed by atoms with van der Waals surface area (Å²) in [4.78, 5) is 7.55. The van der Waals surface area contributed by atoms with Crippen LogP contribution in [0.1, 0.15) is 48.6 Å². The van der Waals surface area contributed by atoms with Crippen LogP contribution < -0.4 is 5.32 Å². The van der Waals surface area contributed by atoms with E-state index in [1.54, 1.807) is 6.20 Å². The van der Waals surface area contributed by atoms with E-state index >= 15 is 0 Å². The molecule has 0 amide bonds. The van der Waals surface area contributed by atoms with Crippen LogP contribution in [-0.4, -0.2) is 15.1 Å². The second-order valence-corrected chi connectivity index (χ2v) is 5.57. The van der Waals surface area contributed by atoms with Crippen molar-refractivity contribution in [1.29, 1.82) is 0 Å². The molecule has 0 unspecified atom stereocenters. The first-order chi connectivity index (χ1) is 10.7. The second-order valence-electron chi connectivity index (χ2n) is 5.57. The van der Waals surface area contributed by atoms with Crippen molar-refractivity contribution in [2.75, 3.05) is 0 Å². The predicted molar refractivity (Wildman–Crippen MR) is 84.3 cm³/mol. The molecule has 2 heterocycles. The Balaban J connectivity index is 1.76. The Labute approximate surface area is 129 Å². The Hall–Kier alpha value is -2.40. The molecule has 0 spiro atoms. The molecule has 5 nitrogen and oxygen atoms in total. The molecule has 0 aliphatic carbocycles. The van der Waals surface area contributed by atoms with Gasteiger partial charge in [-0.15, -0.1) is 0 Å². The van der Waals surface area contributed by atoms with Gasteiger partial charge in [0.2, 0.25) is 0 Å². The zero-order valence-corrected chi connectivity index (χ0v) is 12.8. The maximum Gasteiger partial charge on any atom is 0.150 e. The monoisotopic (exact) mass is 296 g/mol. The number of rotatable bonds is 6. The predicted octanol–water partition coefficient (Wildman–Crippen LogP) is 3.40. The third kappa shape index (κ3) is 3.26. The van der Waals surface area contributed by atoms with Gasteiger partial charge in [0.1, 0.15) is 5.82 Å². The van der Waals surface area contributed by atoms with Gasteiger partial charge in [0.05, 0.1) is 18.3 Å². The zero-order valence-electron chi connectivity index (χ0n) is 12.8. The summed E-state index contributed by atoms with van der Waals surface area (Å²) in [5, 5.41) is 7.57. The molecule has 0 saturated heterocycles. The van der Waals surface area contributed by atoms with Crippen molar-refractivity contribution in [2.45, 2.75) is 32.4 Å². The van der Waals surface area contributed by atoms with Crippen LogP contribution in [0.5, 0.6) is 0 Å². The lowest BCUT2D eigenvalue weighted by molar-refractivity contribution is 0.360. The number of nitrogens with zero attached hydrogens (tertiary/aromatic N) is 2. The summed E-state index contributed by atoms with van der Waals surface area (Å²) in [5.41, 5.74) is 2.13. The Kier molecular flexibility index (Phi) is 4.34. The summed E-state index contributed by atoms with van der Waals surface area (Å²) >= 11 is 0. The number of imidazole rings is 1. The number of H-pyrrole nitrogens is 1. The second kappa shape index (κ2) is 6.58. The van der Waals surface area contributed by atoms with E-state index in [9.17, 15) is 0 Å². The molecule has 0 aliphatic rings. The van der Waals surface area contributed by atoms with Gasteiger partial charge >= 0.3 is 0 Å². The summed E-state index contributed by atoms with van der Waals surface area (Å²) < 4.78 is 5.39. The third-order valence-electron chi connectivity index (χ3n) is 3.57. The first kappa shape index (κ1) is 14.5. The van der Waals surface area contributed by atoms with E-state index in [4.69, 9.17) is 4.52 Å². The highest BCUT2D eigenvalue weighted by atomic mass is 16.5. The molecular formula is C17H20N4O. The van der Waals surface area contributed by atoms with Gasteiger partial charge in [0, 0.05) is 18.5 Å². The lowest BCUT2D eigenvalue weighted by Gasteiger charge is -2.16. The number of hydrogen-bond acceptors (Lipinski definition) is 4. The van der Waals surface area contributed by atoms with E-state index in [0.717, 1.165) is 22.8 Å². The van der Waals surface area contributed by atoms with E-state index < -0.39 is 0 Å². The Morgan fingerprint density at radius 3 is 2.68 bits per heavy atom. The summed E-state index contributed by atoms with van der Waals surface area (Å²) in [5.74, 6) is 2.08. The van der Waals surface area contributed by atoms with E-state index in [2.05, 4.69) is 46.4 Å². The van der Waals surface area contributed by atoms with Crippen molar-refractivity contribution in [3.05, 3.63) is 71.6 Å². The molecule has 5 heteroatoms. The highest BCUT2D eigenvalue weighted by molar-refractivity contribution is 5.25. The number of hydrogen-bond donors (Lipinski definition) is 2.